The highest BCUT2D eigenvalue weighted by atomic mass is 14.8. The molecule has 0 N–H and O–H groups in total. The van der Waals surface area contributed by atoms with Gasteiger partial charge in [-0.15, -0.1) is 0 Å². The summed E-state index contributed by atoms with van der Waals surface area (Å²) in [6.07, 6.45) is 0. The molecule has 0 aromatic rings. The Kier molecular flexibility index (Phi) is 1.89. The normalized spacial score (nSPS) is 9.29. The smallest absolute Gasteiger partial charge is 0.202 e. The van der Waals surface area contributed by atoms with Gasteiger partial charge in [0.2, 0.25) is 5.69 Å². The van der Waals surface area contributed by atoms with Crippen LogP contribution in [0.1, 0.15) is 0 Å². The average molecular weight is 178 g/mol. The Balaban J connectivity index is 2.84. The molecule has 2 nitrogen and oxygen atoms in total. The number of nitrogens with zero attached hydrogens (tertiary/aromatic N) is 2. The van der Waals surface area contributed by atoms with Gasteiger partial charge in [-0.2, -0.15) is 0 Å². The van der Waals surface area contributed by atoms with Crippen LogP contribution < -0.4 is 0 Å². The van der Waals surface area contributed by atoms with Crippen molar-refractivity contribution in [3.8, 4) is 11.1 Å². The van der Waals surface area contributed by atoms with Crippen LogP contribution in [-0.2, 0) is 0 Å². The molecule has 0 aliphatic heterocycles. The topological polar surface area (TPSA) is 8.72 Å². The summed E-state index contributed by atoms with van der Waals surface area (Å²) in [6.45, 7) is 14.0. The molecule has 0 saturated heterocycles. The van der Waals surface area contributed by atoms with E-state index in [4.69, 9.17) is 13.1 Å². The first-order chi connectivity index (χ1) is 6.86. The monoisotopic (exact) mass is 178 g/mol. The maximum Gasteiger partial charge on any atom is 0.202 e. The highest BCUT2D eigenvalue weighted by Gasteiger charge is 2.13. The lowest BCUT2D eigenvalue weighted by molar-refractivity contribution is 1.84. The van der Waals surface area contributed by atoms with E-state index in [1.165, 1.54) is 0 Å². The summed E-state index contributed by atoms with van der Waals surface area (Å²) in [5, 5.41) is 0. The second kappa shape index (κ2) is 3.20. The molecule has 0 aromatic carbocycles. The molecule has 0 atom stereocenters. The van der Waals surface area contributed by atoms with Crippen LogP contribution >= 0.6 is 0 Å². The predicted molar refractivity (Wildman–Crippen MR) is 55.6 cm³/mol. The highest BCUT2D eigenvalue weighted by Crippen LogP contribution is 2.43. The van der Waals surface area contributed by atoms with Crippen molar-refractivity contribution in [1.29, 1.82) is 0 Å². The molecule has 0 bridgehead atoms. The molecule has 0 saturated carbocycles. The first-order valence-electron chi connectivity index (χ1n) is 4.13. The molecule has 0 fully saturated rings. The minimum atomic E-state index is 0.446. The molecule has 0 radical (unpaired) electrons. The van der Waals surface area contributed by atoms with Crippen molar-refractivity contribution in [2.75, 3.05) is 0 Å². The lowest BCUT2D eigenvalue weighted by Crippen LogP contribution is -1.62. The van der Waals surface area contributed by atoms with Crippen LogP contribution in [0.3, 0.4) is 0 Å². The van der Waals surface area contributed by atoms with Gasteiger partial charge < -0.3 is 0 Å². The summed E-state index contributed by atoms with van der Waals surface area (Å²) in [4.78, 5) is 6.73. The summed E-state index contributed by atoms with van der Waals surface area (Å²) >= 11 is 0. The Hall–Kier alpha value is -2.32. The second-order valence-corrected chi connectivity index (χ2v) is 2.88. The molecular formula is C12H6N2. The fraction of sp³-hybridized carbons (Fsp3) is 0. The van der Waals surface area contributed by atoms with Gasteiger partial charge in [0.25, 0.3) is 0 Å². The van der Waals surface area contributed by atoms with E-state index < -0.39 is 0 Å². The summed E-state index contributed by atoms with van der Waals surface area (Å²) in [7, 11) is 0. The van der Waals surface area contributed by atoms with Gasteiger partial charge in [-0.25, -0.2) is 4.85 Å². The summed E-state index contributed by atoms with van der Waals surface area (Å²) in [5.74, 6) is 0. The minimum Gasteiger partial charge on any atom is -0.250 e. The van der Waals surface area contributed by atoms with Crippen LogP contribution in [0.4, 0.5) is 11.4 Å². The molecule has 2 aliphatic rings. The van der Waals surface area contributed by atoms with Crippen LogP contribution in [0.15, 0.2) is 36.4 Å². The molecule has 0 aromatic heterocycles. The van der Waals surface area contributed by atoms with Gasteiger partial charge in [-0.1, -0.05) is 36.4 Å². The lowest BCUT2D eigenvalue weighted by Gasteiger charge is -1.91. The van der Waals surface area contributed by atoms with E-state index in [9.17, 15) is 0 Å². The molecule has 0 amide bonds. The van der Waals surface area contributed by atoms with Crippen LogP contribution in [-0.4, -0.2) is 0 Å². The number of fused-ring (bicyclic) bond motifs is 1. The lowest BCUT2D eigenvalue weighted by atomic mass is 10.2. The van der Waals surface area contributed by atoms with Crippen molar-refractivity contribution in [3.63, 3.8) is 0 Å². The van der Waals surface area contributed by atoms with E-state index in [1.54, 1.807) is 6.07 Å². The van der Waals surface area contributed by atoms with Gasteiger partial charge in [0, 0.05) is 0 Å². The molecule has 2 heteroatoms. The fourth-order valence-corrected chi connectivity index (χ4v) is 1.46. The molecule has 64 valence electrons. The van der Waals surface area contributed by atoms with Crippen LogP contribution in [0.5, 0.6) is 0 Å². The molecule has 14 heavy (non-hydrogen) atoms. The molecule has 2 rings (SSSR count). The molecule has 0 spiro atoms. The third kappa shape index (κ3) is 1.11. The Bertz CT molecular complexity index is 529. The molecule has 0 heterocycles. The molecule has 2 aliphatic carbocycles. The fourth-order valence-electron chi connectivity index (χ4n) is 1.46. The van der Waals surface area contributed by atoms with E-state index in [0.717, 1.165) is 11.1 Å². The van der Waals surface area contributed by atoms with Crippen molar-refractivity contribution in [3.05, 3.63) is 59.2 Å². The van der Waals surface area contributed by atoms with Gasteiger partial charge in [0.15, 0.2) is 5.69 Å². The van der Waals surface area contributed by atoms with Crippen LogP contribution in [0.25, 0.3) is 20.8 Å². The summed E-state index contributed by atoms with van der Waals surface area (Å²) in [6, 6.07) is 11.2. The predicted octanol–water partition coefficient (Wildman–Crippen LogP) is 3.89. The van der Waals surface area contributed by atoms with Crippen LogP contribution in [0.2, 0.25) is 0 Å². The first kappa shape index (κ1) is 8.29. The number of hydrogen-bond donors (Lipinski definition) is 0. The third-order valence-electron chi connectivity index (χ3n) is 2.09. The SMILES string of the molecule is [C-]#[N+]c1cc2cccccc-2c1[N+]#[C-]. The summed E-state index contributed by atoms with van der Waals surface area (Å²) < 4.78 is 0. The summed E-state index contributed by atoms with van der Waals surface area (Å²) in [5.41, 5.74) is 2.72. The number of hydrogen-bond acceptors (Lipinski definition) is 0. The van der Waals surface area contributed by atoms with Crippen LogP contribution in [0, 0.1) is 13.1 Å². The second-order valence-electron chi connectivity index (χ2n) is 2.88. The highest BCUT2D eigenvalue weighted by molar-refractivity contribution is 5.93. The van der Waals surface area contributed by atoms with Crippen molar-refractivity contribution in [1.82, 2.24) is 0 Å². The van der Waals surface area contributed by atoms with Gasteiger partial charge in [0.05, 0.1) is 13.1 Å². The standard InChI is InChI=1S/C12H6N2/c1-13-11-8-9-6-4-3-5-7-10(9)12(11)14-2/h3-8H. The van der Waals surface area contributed by atoms with Crippen molar-refractivity contribution in [2.45, 2.75) is 0 Å². The number of rotatable bonds is 0. The maximum atomic E-state index is 7.03. The first-order valence-corrected chi connectivity index (χ1v) is 4.13. The van der Waals surface area contributed by atoms with Crippen molar-refractivity contribution >= 4 is 11.4 Å². The van der Waals surface area contributed by atoms with Gasteiger partial charge >= 0.3 is 0 Å². The minimum absolute atomic E-state index is 0.446. The Morgan fingerprint density at radius 1 is 0.929 bits per heavy atom. The quantitative estimate of drug-likeness (QED) is 0.541. The van der Waals surface area contributed by atoms with Gasteiger partial charge in [0.1, 0.15) is 0 Å². The van der Waals surface area contributed by atoms with E-state index in [2.05, 4.69) is 9.69 Å². The van der Waals surface area contributed by atoms with E-state index in [1.807, 2.05) is 30.3 Å². The van der Waals surface area contributed by atoms with E-state index in [-0.39, 0.29) is 0 Å². The van der Waals surface area contributed by atoms with Crippen molar-refractivity contribution < 1.29 is 0 Å². The third-order valence-corrected chi connectivity index (χ3v) is 2.09. The van der Waals surface area contributed by atoms with E-state index in [0.29, 0.717) is 11.4 Å². The maximum absolute atomic E-state index is 7.03. The van der Waals surface area contributed by atoms with E-state index >= 15 is 0 Å². The Morgan fingerprint density at radius 2 is 1.71 bits per heavy atom. The average Bonchev–Trinajstić information content (AvgIpc) is 2.39. The Labute approximate surface area is 82.4 Å². The largest absolute Gasteiger partial charge is 0.250 e. The zero-order chi connectivity index (χ0) is 9.97. The Morgan fingerprint density at radius 3 is 2.43 bits per heavy atom. The van der Waals surface area contributed by atoms with Crippen molar-refractivity contribution in [2.24, 2.45) is 0 Å². The zero-order valence-electron chi connectivity index (χ0n) is 7.36. The zero-order valence-corrected chi connectivity index (χ0v) is 7.36. The molecular weight excluding hydrogens is 172 g/mol. The van der Waals surface area contributed by atoms with Gasteiger partial charge in [-0.05, 0) is 11.1 Å². The van der Waals surface area contributed by atoms with Gasteiger partial charge in [-0.3, -0.25) is 4.85 Å². The molecule has 0 unspecified atom stereocenters.